The van der Waals surface area contributed by atoms with E-state index in [2.05, 4.69) is 40.7 Å². The third-order valence-electron chi connectivity index (χ3n) is 4.25. The summed E-state index contributed by atoms with van der Waals surface area (Å²) in [7, 11) is 0. The van der Waals surface area contributed by atoms with Gasteiger partial charge >= 0.3 is 0 Å². The normalized spacial score (nSPS) is 10.7. The zero-order chi connectivity index (χ0) is 20.6. The Labute approximate surface area is 177 Å². The second-order valence-electron chi connectivity index (χ2n) is 6.53. The summed E-state index contributed by atoms with van der Waals surface area (Å²) < 4.78 is 0. The Kier molecular flexibility index (Phi) is 7.37. The number of carboxylic acids is 1. The third kappa shape index (κ3) is 6.13. The number of hydrogen-bond acceptors (Lipinski definition) is 7. The van der Waals surface area contributed by atoms with Crippen molar-refractivity contribution in [1.29, 1.82) is 0 Å². The van der Waals surface area contributed by atoms with Gasteiger partial charge in [0.15, 0.2) is 5.13 Å². The van der Waals surface area contributed by atoms with E-state index in [0.717, 1.165) is 29.8 Å². The highest BCUT2D eigenvalue weighted by atomic mass is 32.1. The fourth-order valence-corrected chi connectivity index (χ4v) is 4.36. The predicted molar refractivity (Wildman–Crippen MR) is 115 cm³/mol. The number of aromatic nitrogens is 1. The summed E-state index contributed by atoms with van der Waals surface area (Å²) in [5.74, 6) is -1.45. The van der Waals surface area contributed by atoms with Gasteiger partial charge in [0.1, 0.15) is 0 Å². The largest absolute Gasteiger partial charge is 0.550 e. The molecule has 0 radical (unpaired) electrons. The maximum Gasteiger partial charge on any atom is 0.267 e. The van der Waals surface area contributed by atoms with E-state index in [1.807, 2.05) is 12.1 Å². The summed E-state index contributed by atoms with van der Waals surface area (Å²) in [6.45, 7) is 2.83. The van der Waals surface area contributed by atoms with Crippen molar-refractivity contribution < 1.29 is 14.7 Å². The first-order valence-electron chi connectivity index (χ1n) is 9.41. The number of anilines is 2. The van der Waals surface area contributed by atoms with E-state index in [1.54, 1.807) is 11.4 Å². The molecule has 0 aliphatic carbocycles. The van der Waals surface area contributed by atoms with Gasteiger partial charge in [0, 0.05) is 34.9 Å². The molecule has 1 aromatic carbocycles. The van der Waals surface area contributed by atoms with Gasteiger partial charge in [0.25, 0.3) is 5.91 Å². The number of carbonyl (C=O) groups excluding carboxylic acids is 2. The lowest BCUT2D eigenvalue weighted by atomic mass is 10.1. The van der Waals surface area contributed by atoms with Crippen molar-refractivity contribution in [2.45, 2.75) is 39.2 Å². The van der Waals surface area contributed by atoms with Crippen LogP contribution in [0.15, 0.2) is 41.8 Å². The molecule has 3 rings (SSSR count). The summed E-state index contributed by atoms with van der Waals surface area (Å²) in [5, 5.41) is 18.8. The smallest absolute Gasteiger partial charge is 0.267 e. The highest BCUT2D eigenvalue weighted by molar-refractivity contribution is 7.15. The molecule has 0 atom stereocenters. The number of amides is 1. The zero-order valence-electron chi connectivity index (χ0n) is 16.1. The van der Waals surface area contributed by atoms with Crippen LogP contribution in [0.1, 0.15) is 45.6 Å². The molecular weight excluding hydrogens is 406 g/mol. The first-order valence-corrected chi connectivity index (χ1v) is 11.1. The van der Waals surface area contributed by atoms with E-state index < -0.39 is 5.97 Å². The number of rotatable bonds is 10. The van der Waals surface area contributed by atoms with Crippen molar-refractivity contribution in [1.82, 2.24) is 4.98 Å². The van der Waals surface area contributed by atoms with Crippen LogP contribution in [0.25, 0.3) is 0 Å². The second kappa shape index (κ2) is 10.2. The molecule has 6 nitrogen and oxygen atoms in total. The van der Waals surface area contributed by atoms with Crippen LogP contribution < -0.4 is 15.7 Å². The molecule has 152 valence electrons. The van der Waals surface area contributed by atoms with E-state index >= 15 is 0 Å². The lowest BCUT2D eigenvalue weighted by Crippen LogP contribution is -2.24. The van der Waals surface area contributed by atoms with Crippen molar-refractivity contribution >= 4 is 45.4 Å². The van der Waals surface area contributed by atoms with E-state index in [1.165, 1.54) is 28.2 Å². The van der Waals surface area contributed by atoms with E-state index in [0.29, 0.717) is 22.2 Å². The van der Waals surface area contributed by atoms with E-state index in [-0.39, 0.29) is 12.3 Å². The number of aliphatic carboxylic acids is 1. The van der Waals surface area contributed by atoms with Crippen LogP contribution in [-0.4, -0.2) is 16.9 Å². The van der Waals surface area contributed by atoms with Crippen molar-refractivity contribution in [2.75, 3.05) is 10.6 Å². The fraction of sp³-hybridized carbons (Fsp3) is 0.286. The number of nitrogens with zero attached hydrogens (tertiary/aromatic N) is 1. The summed E-state index contributed by atoms with van der Waals surface area (Å²) in [4.78, 5) is 28.8. The van der Waals surface area contributed by atoms with Crippen molar-refractivity contribution in [3.05, 3.63) is 62.8 Å². The molecule has 29 heavy (non-hydrogen) atoms. The number of thiophene rings is 1. The molecule has 2 aromatic heterocycles. The molecule has 2 N–H and O–H groups in total. The lowest BCUT2D eigenvalue weighted by molar-refractivity contribution is -0.304. The highest BCUT2D eigenvalue weighted by Crippen LogP contribution is 2.23. The number of thiazole rings is 1. The monoisotopic (exact) mass is 428 g/mol. The summed E-state index contributed by atoms with van der Waals surface area (Å²) in [5.41, 5.74) is 2.81. The first-order chi connectivity index (χ1) is 14.0. The summed E-state index contributed by atoms with van der Waals surface area (Å²) >= 11 is 2.61. The Hall–Kier alpha value is -2.71. The van der Waals surface area contributed by atoms with Gasteiger partial charge in [0.05, 0.1) is 10.6 Å². The number of carbonyl (C=O) groups is 2. The predicted octanol–water partition coefficient (Wildman–Crippen LogP) is 3.70. The van der Waals surface area contributed by atoms with Gasteiger partial charge in [-0.25, -0.2) is 4.98 Å². The van der Waals surface area contributed by atoms with Crippen molar-refractivity contribution in [3.8, 4) is 0 Å². The average Bonchev–Trinajstić information content (AvgIpc) is 3.34. The molecule has 1 amide bonds. The van der Waals surface area contributed by atoms with Gasteiger partial charge < -0.3 is 15.2 Å². The Balaban J connectivity index is 1.57. The number of nitrogens with one attached hydrogen (secondary N) is 2. The average molecular weight is 429 g/mol. The van der Waals surface area contributed by atoms with E-state index in [9.17, 15) is 14.7 Å². The SMILES string of the molecule is CCCCc1ccccc1NCc1ccc(C(=O)Nc2nc(CC(=O)[O-])cs2)s1. The van der Waals surface area contributed by atoms with Gasteiger partial charge in [-0.2, -0.15) is 0 Å². The van der Waals surface area contributed by atoms with Crippen LogP contribution in [0.4, 0.5) is 10.8 Å². The van der Waals surface area contributed by atoms with Crippen LogP contribution in [0, 0.1) is 0 Å². The number of unbranched alkanes of at least 4 members (excludes halogenated alkanes) is 1. The quantitative estimate of drug-likeness (QED) is 0.513. The van der Waals surface area contributed by atoms with Crippen LogP contribution in [0.3, 0.4) is 0 Å². The fourth-order valence-electron chi connectivity index (χ4n) is 2.81. The molecule has 0 bridgehead atoms. The second-order valence-corrected chi connectivity index (χ2v) is 8.55. The van der Waals surface area contributed by atoms with Crippen LogP contribution in [0.2, 0.25) is 0 Å². The Morgan fingerprint density at radius 2 is 2.00 bits per heavy atom. The van der Waals surface area contributed by atoms with Gasteiger partial charge in [-0.1, -0.05) is 31.5 Å². The molecule has 0 aliphatic heterocycles. The summed E-state index contributed by atoms with van der Waals surface area (Å²) in [6.07, 6.45) is 3.10. The third-order valence-corrected chi connectivity index (χ3v) is 6.14. The molecular formula is C21H22N3O3S2-. The van der Waals surface area contributed by atoms with Gasteiger partial charge in [-0.3, -0.25) is 10.1 Å². The van der Waals surface area contributed by atoms with Crippen LogP contribution in [-0.2, 0) is 24.2 Å². The molecule has 0 unspecified atom stereocenters. The van der Waals surface area contributed by atoms with Gasteiger partial charge in [-0.05, 0) is 36.6 Å². The first kappa shape index (κ1) is 21.0. The molecule has 3 aromatic rings. The molecule has 0 spiro atoms. The van der Waals surface area contributed by atoms with Gasteiger partial charge in [-0.15, -0.1) is 22.7 Å². The maximum atomic E-state index is 12.4. The number of hydrogen-bond donors (Lipinski definition) is 2. The van der Waals surface area contributed by atoms with Crippen molar-refractivity contribution in [2.24, 2.45) is 0 Å². The summed E-state index contributed by atoms with van der Waals surface area (Å²) in [6, 6.07) is 12.0. The highest BCUT2D eigenvalue weighted by Gasteiger charge is 2.12. The van der Waals surface area contributed by atoms with Crippen molar-refractivity contribution in [3.63, 3.8) is 0 Å². The number of para-hydroxylation sites is 1. The lowest BCUT2D eigenvalue weighted by Gasteiger charge is -2.11. The standard InChI is InChI=1S/C21H23N3O3S2/c1-2-3-6-14-7-4-5-8-17(14)22-12-16-9-10-18(29-16)20(27)24-21-23-15(13-28-21)11-19(25)26/h4-5,7-10,13,22H,2-3,6,11-12H2,1H3,(H,25,26)(H,23,24,27)/p-1. The minimum absolute atomic E-state index is 0.251. The number of benzene rings is 1. The van der Waals surface area contributed by atoms with Crippen LogP contribution in [0.5, 0.6) is 0 Å². The Morgan fingerprint density at radius 3 is 2.79 bits per heavy atom. The Bertz CT molecular complexity index is 981. The van der Waals surface area contributed by atoms with E-state index in [4.69, 9.17) is 0 Å². The topological polar surface area (TPSA) is 94.2 Å². The van der Waals surface area contributed by atoms with Crippen LogP contribution >= 0.6 is 22.7 Å². The maximum absolute atomic E-state index is 12.4. The minimum atomic E-state index is -1.19. The molecule has 8 heteroatoms. The number of aryl methyl sites for hydroxylation is 1. The Morgan fingerprint density at radius 1 is 1.17 bits per heavy atom. The molecule has 0 fully saturated rings. The molecule has 0 saturated carbocycles. The molecule has 0 saturated heterocycles. The zero-order valence-corrected chi connectivity index (χ0v) is 17.7. The molecule has 2 heterocycles. The minimum Gasteiger partial charge on any atom is -0.550 e. The molecule has 0 aliphatic rings. The number of carboxylic acid groups (broad SMARTS) is 1. The van der Waals surface area contributed by atoms with Gasteiger partial charge in [0.2, 0.25) is 0 Å².